The van der Waals surface area contributed by atoms with E-state index in [1.807, 2.05) is 0 Å². The molecule has 4 rings (SSSR count). The number of nitrogens with zero attached hydrogens (tertiary/aromatic N) is 4. The number of fused-ring (bicyclic) bond motifs is 1. The molecule has 0 spiro atoms. The zero-order valence-electron chi connectivity index (χ0n) is 15.8. The van der Waals surface area contributed by atoms with E-state index in [0.717, 1.165) is 12.1 Å². The molecule has 31 heavy (non-hydrogen) atoms. The van der Waals surface area contributed by atoms with Crippen molar-refractivity contribution in [1.29, 1.82) is 0 Å². The first-order chi connectivity index (χ1) is 14.6. The normalized spacial score (nSPS) is 16.2. The summed E-state index contributed by atoms with van der Waals surface area (Å²) in [6.07, 6.45) is -2.61. The highest BCUT2D eigenvalue weighted by atomic mass is 19.4. The predicted molar refractivity (Wildman–Crippen MR) is 105 cm³/mol. The number of alkyl halides is 3. The van der Waals surface area contributed by atoms with Crippen LogP contribution >= 0.6 is 0 Å². The molecule has 9 nitrogen and oxygen atoms in total. The van der Waals surface area contributed by atoms with E-state index in [1.165, 1.54) is 46.2 Å². The lowest BCUT2D eigenvalue weighted by atomic mass is 10.1. The third-order valence-electron chi connectivity index (χ3n) is 4.72. The number of nitrogen functional groups attached to an aromatic ring is 1. The molecule has 12 heteroatoms. The lowest BCUT2D eigenvalue weighted by Gasteiger charge is -2.32. The minimum atomic E-state index is -4.49. The number of carbonyl (C=O) groups is 2. The molecule has 0 saturated carbocycles. The third kappa shape index (κ3) is 3.80. The van der Waals surface area contributed by atoms with Crippen LogP contribution < -0.4 is 21.7 Å². The van der Waals surface area contributed by atoms with Crippen LogP contribution in [0.4, 0.5) is 30.4 Å². The Kier molecular flexibility index (Phi) is 4.85. The number of nitrogens with two attached hydrogens (primary N) is 2. The number of nitrogens with one attached hydrogen (secondary N) is 1. The van der Waals surface area contributed by atoms with Crippen molar-refractivity contribution in [1.82, 2.24) is 14.8 Å². The highest BCUT2D eigenvalue weighted by Crippen LogP contribution is 2.33. The van der Waals surface area contributed by atoms with Gasteiger partial charge >= 0.3 is 6.18 Å². The Morgan fingerprint density at radius 3 is 2.55 bits per heavy atom. The summed E-state index contributed by atoms with van der Waals surface area (Å²) < 4.78 is 39.8. The van der Waals surface area contributed by atoms with Crippen LogP contribution in [-0.4, -0.2) is 33.1 Å². The van der Waals surface area contributed by atoms with Crippen LogP contribution in [0.3, 0.4) is 0 Å². The highest BCUT2D eigenvalue weighted by molar-refractivity contribution is 6.13. The summed E-state index contributed by atoms with van der Waals surface area (Å²) in [7, 11) is 0. The molecule has 1 aromatic carbocycles. The van der Waals surface area contributed by atoms with Crippen LogP contribution in [-0.2, 0) is 6.18 Å². The van der Waals surface area contributed by atoms with Crippen molar-refractivity contribution in [3.63, 3.8) is 0 Å². The molecule has 160 valence electrons. The molecule has 1 aliphatic heterocycles. The quantitative estimate of drug-likeness (QED) is 0.583. The van der Waals surface area contributed by atoms with Gasteiger partial charge in [-0.3, -0.25) is 9.59 Å². The SMILES string of the molecule is Nc1cc(C(=O)Nc2cnn3c2C(=O)N(c2ccc(C(F)(F)F)cc2)CC3N)ccn1. The molecule has 0 radical (unpaired) electrons. The molecule has 1 atom stereocenters. The Hall–Kier alpha value is -3.93. The minimum Gasteiger partial charge on any atom is -0.384 e. The molecule has 0 aliphatic carbocycles. The molecule has 2 aromatic heterocycles. The standard InChI is InChI=1S/C19H16F3N7O2/c20-19(21,22)11-1-3-12(4-2-11)28-9-15(24)29-16(18(28)31)13(8-26-29)27-17(30)10-5-6-25-14(23)7-10/h1-8,15H,9,24H2,(H2,23,25)(H,27,30). The van der Waals surface area contributed by atoms with Crippen LogP contribution in [0.1, 0.15) is 32.6 Å². The molecular weight excluding hydrogens is 415 g/mol. The topological polar surface area (TPSA) is 132 Å². The van der Waals surface area contributed by atoms with E-state index in [2.05, 4.69) is 15.4 Å². The maximum Gasteiger partial charge on any atom is 0.416 e. The lowest BCUT2D eigenvalue weighted by Crippen LogP contribution is -2.46. The largest absolute Gasteiger partial charge is 0.416 e. The van der Waals surface area contributed by atoms with Gasteiger partial charge in [-0.1, -0.05) is 0 Å². The molecule has 1 unspecified atom stereocenters. The van der Waals surface area contributed by atoms with E-state index in [4.69, 9.17) is 11.5 Å². The van der Waals surface area contributed by atoms with Gasteiger partial charge in [0.2, 0.25) is 0 Å². The predicted octanol–water partition coefficient (Wildman–Crippen LogP) is 2.25. The molecular formula is C19H16F3N7O2. The Bertz CT molecular complexity index is 1160. The molecule has 3 heterocycles. The lowest BCUT2D eigenvalue weighted by molar-refractivity contribution is -0.137. The fourth-order valence-corrected chi connectivity index (χ4v) is 3.23. The van der Waals surface area contributed by atoms with Crippen LogP contribution in [0.2, 0.25) is 0 Å². The fourth-order valence-electron chi connectivity index (χ4n) is 3.23. The van der Waals surface area contributed by atoms with Crippen LogP contribution in [0.15, 0.2) is 48.8 Å². The Balaban J connectivity index is 1.63. The highest BCUT2D eigenvalue weighted by Gasteiger charge is 2.35. The number of anilines is 3. The molecule has 2 amide bonds. The smallest absolute Gasteiger partial charge is 0.384 e. The summed E-state index contributed by atoms with van der Waals surface area (Å²) in [5, 5.41) is 6.66. The van der Waals surface area contributed by atoms with Crippen molar-refractivity contribution < 1.29 is 22.8 Å². The second-order valence-corrected chi connectivity index (χ2v) is 6.80. The van der Waals surface area contributed by atoms with Crippen molar-refractivity contribution in [3.8, 4) is 0 Å². The maximum atomic E-state index is 13.1. The summed E-state index contributed by atoms with van der Waals surface area (Å²) in [6, 6.07) is 6.97. The first-order valence-electron chi connectivity index (χ1n) is 9.00. The summed E-state index contributed by atoms with van der Waals surface area (Å²) in [5.74, 6) is -0.960. The Labute approximate surface area is 173 Å². The fraction of sp³-hybridized carbons (Fsp3) is 0.158. The molecule has 1 aliphatic rings. The van der Waals surface area contributed by atoms with Crippen molar-refractivity contribution in [2.45, 2.75) is 12.3 Å². The molecule has 0 saturated heterocycles. The zero-order valence-corrected chi connectivity index (χ0v) is 15.8. The number of rotatable bonds is 3. The van der Waals surface area contributed by atoms with E-state index in [1.54, 1.807) is 0 Å². The number of benzene rings is 1. The van der Waals surface area contributed by atoms with Gasteiger partial charge in [0.05, 0.1) is 24.0 Å². The van der Waals surface area contributed by atoms with Gasteiger partial charge in [-0.05, 0) is 36.4 Å². The molecule has 0 bridgehead atoms. The van der Waals surface area contributed by atoms with Crippen LogP contribution in [0.5, 0.6) is 0 Å². The van der Waals surface area contributed by atoms with E-state index < -0.39 is 29.7 Å². The van der Waals surface area contributed by atoms with Gasteiger partial charge in [-0.25, -0.2) is 9.67 Å². The van der Waals surface area contributed by atoms with Crippen molar-refractivity contribution in [3.05, 3.63) is 65.6 Å². The summed E-state index contributed by atoms with van der Waals surface area (Å²) in [4.78, 5) is 30.7. The first kappa shape index (κ1) is 20.3. The second kappa shape index (κ2) is 7.40. The third-order valence-corrected chi connectivity index (χ3v) is 4.72. The number of hydrogen-bond donors (Lipinski definition) is 3. The van der Waals surface area contributed by atoms with Crippen LogP contribution in [0.25, 0.3) is 0 Å². The average Bonchev–Trinajstić information content (AvgIpc) is 3.14. The number of hydrogen-bond acceptors (Lipinski definition) is 6. The Morgan fingerprint density at radius 1 is 1.19 bits per heavy atom. The van der Waals surface area contributed by atoms with Crippen molar-refractivity contribution in [2.24, 2.45) is 5.73 Å². The number of aromatic nitrogens is 3. The van der Waals surface area contributed by atoms with Crippen LogP contribution in [0, 0.1) is 0 Å². The molecule has 3 aromatic rings. The van der Waals surface area contributed by atoms with Gasteiger partial charge in [-0.2, -0.15) is 18.3 Å². The Morgan fingerprint density at radius 2 is 1.90 bits per heavy atom. The first-order valence-corrected chi connectivity index (χ1v) is 9.00. The van der Waals surface area contributed by atoms with Gasteiger partial charge in [0.1, 0.15) is 12.0 Å². The summed E-state index contributed by atoms with van der Waals surface area (Å²) in [6.45, 7) is -0.00679. The van der Waals surface area contributed by atoms with E-state index in [-0.39, 0.29) is 35.0 Å². The van der Waals surface area contributed by atoms with E-state index in [9.17, 15) is 22.8 Å². The van der Waals surface area contributed by atoms with Gasteiger partial charge < -0.3 is 21.7 Å². The number of pyridine rings is 1. The zero-order chi connectivity index (χ0) is 22.3. The van der Waals surface area contributed by atoms with Gasteiger partial charge in [-0.15, -0.1) is 0 Å². The van der Waals surface area contributed by atoms with Gasteiger partial charge in [0.15, 0.2) is 5.69 Å². The van der Waals surface area contributed by atoms with Gasteiger partial charge in [0, 0.05) is 17.4 Å². The van der Waals surface area contributed by atoms with Crippen molar-refractivity contribution >= 4 is 29.0 Å². The van der Waals surface area contributed by atoms with E-state index >= 15 is 0 Å². The minimum absolute atomic E-state index is 0.00679. The molecule has 5 N–H and O–H groups in total. The summed E-state index contributed by atoms with van der Waals surface area (Å²) >= 11 is 0. The number of carbonyl (C=O) groups excluding carboxylic acids is 2. The molecule has 0 fully saturated rings. The monoisotopic (exact) mass is 431 g/mol. The van der Waals surface area contributed by atoms with Gasteiger partial charge in [0.25, 0.3) is 11.8 Å². The number of amides is 2. The average molecular weight is 431 g/mol. The summed E-state index contributed by atoms with van der Waals surface area (Å²) in [5.41, 5.74) is 11.4. The van der Waals surface area contributed by atoms with Crippen molar-refractivity contribution in [2.75, 3.05) is 22.5 Å². The maximum absolute atomic E-state index is 13.1. The number of halogens is 3. The second-order valence-electron chi connectivity index (χ2n) is 6.80. The van der Waals surface area contributed by atoms with E-state index in [0.29, 0.717) is 0 Å².